The van der Waals surface area contributed by atoms with Crippen molar-refractivity contribution in [2.45, 2.75) is 33.2 Å². The second kappa shape index (κ2) is 10.6. The quantitative estimate of drug-likeness (QED) is 0.742. The van der Waals surface area contributed by atoms with E-state index in [0.717, 1.165) is 6.42 Å². The first-order valence-corrected chi connectivity index (χ1v) is 7.81. The number of rotatable bonds is 8. The maximum Gasteiger partial charge on any atom is 0.251 e. The zero-order chi connectivity index (χ0) is 16.7. The van der Waals surface area contributed by atoms with Crippen molar-refractivity contribution >= 4 is 29.9 Å². The van der Waals surface area contributed by atoms with Crippen LogP contribution >= 0.6 is 24.0 Å². The Morgan fingerprint density at radius 2 is 2.04 bits per heavy atom. The van der Waals surface area contributed by atoms with Crippen molar-refractivity contribution in [1.82, 2.24) is 5.32 Å². The molecule has 0 bridgehead atoms. The second-order valence-electron chi connectivity index (χ2n) is 5.46. The molecule has 132 valence electrons. The van der Waals surface area contributed by atoms with E-state index >= 15 is 0 Å². The largest absolute Gasteiger partial charge is 0.493 e. The van der Waals surface area contributed by atoms with Gasteiger partial charge >= 0.3 is 0 Å². The number of nitrogens with one attached hydrogen (secondary N) is 1. The fourth-order valence-electron chi connectivity index (χ4n) is 2.19. The summed E-state index contributed by atoms with van der Waals surface area (Å²) in [6.45, 7) is 6.89. The molecule has 3 N–H and O–H groups in total. The van der Waals surface area contributed by atoms with Gasteiger partial charge in [-0.3, -0.25) is 4.79 Å². The van der Waals surface area contributed by atoms with E-state index < -0.39 is 0 Å². The SMILES string of the molecule is CCOc1c(Cl)cc(C(=O)NC(CN)CC(C)C)cc1OC.Cl. The molecule has 0 heterocycles. The molecule has 0 aliphatic carbocycles. The van der Waals surface area contributed by atoms with Gasteiger partial charge in [0.2, 0.25) is 0 Å². The smallest absolute Gasteiger partial charge is 0.251 e. The van der Waals surface area contributed by atoms with Crippen molar-refractivity contribution in [2.24, 2.45) is 11.7 Å². The Morgan fingerprint density at radius 3 is 2.52 bits per heavy atom. The number of carbonyl (C=O) groups is 1. The molecule has 0 aliphatic rings. The lowest BCUT2D eigenvalue weighted by Gasteiger charge is -2.19. The van der Waals surface area contributed by atoms with Gasteiger partial charge in [0.15, 0.2) is 11.5 Å². The number of hydrogen-bond donors (Lipinski definition) is 2. The van der Waals surface area contributed by atoms with E-state index in [0.29, 0.717) is 41.2 Å². The molecule has 0 saturated carbocycles. The van der Waals surface area contributed by atoms with E-state index in [1.807, 2.05) is 6.92 Å². The van der Waals surface area contributed by atoms with Crippen LogP contribution in [0.1, 0.15) is 37.6 Å². The summed E-state index contributed by atoms with van der Waals surface area (Å²) < 4.78 is 10.7. The van der Waals surface area contributed by atoms with Crippen molar-refractivity contribution in [3.8, 4) is 11.5 Å². The lowest BCUT2D eigenvalue weighted by Crippen LogP contribution is -2.41. The molecule has 7 heteroatoms. The highest BCUT2D eigenvalue weighted by molar-refractivity contribution is 6.32. The van der Waals surface area contributed by atoms with Gasteiger partial charge in [-0.25, -0.2) is 0 Å². The highest BCUT2D eigenvalue weighted by atomic mass is 35.5. The Kier molecular flexibility index (Phi) is 10.0. The summed E-state index contributed by atoms with van der Waals surface area (Å²) in [5.74, 6) is 1.11. The first kappa shape index (κ1) is 21.8. The molecule has 23 heavy (non-hydrogen) atoms. The van der Waals surface area contributed by atoms with E-state index in [1.165, 1.54) is 7.11 Å². The topological polar surface area (TPSA) is 73.6 Å². The maximum absolute atomic E-state index is 12.4. The van der Waals surface area contributed by atoms with Gasteiger partial charge in [-0.2, -0.15) is 0 Å². The van der Waals surface area contributed by atoms with E-state index in [1.54, 1.807) is 12.1 Å². The second-order valence-corrected chi connectivity index (χ2v) is 5.87. The van der Waals surface area contributed by atoms with Crippen molar-refractivity contribution in [3.05, 3.63) is 22.7 Å². The molecule has 1 aromatic carbocycles. The predicted molar refractivity (Wildman–Crippen MR) is 96.2 cm³/mol. The molecule has 0 aromatic heterocycles. The summed E-state index contributed by atoms with van der Waals surface area (Å²) in [5.41, 5.74) is 6.14. The molecule has 0 saturated heterocycles. The number of ether oxygens (including phenoxy) is 2. The number of halogens is 2. The molecule has 0 fully saturated rings. The molecule has 0 spiro atoms. The third-order valence-corrected chi connectivity index (χ3v) is 3.44. The van der Waals surface area contributed by atoms with Gasteiger partial charge in [-0.05, 0) is 31.4 Å². The van der Waals surface area contributed by atoms with Crippen LogP contribution < -0.4 is 20.5 Å². The van der Waals surface area contributed by atoms with Crippen LogP contribution in [0.15, 0.2) is 12.1 Å². The first-order valence-electron chi connectivity index (χ1n) is 7.44. The van der Waals surface area contributed by atoms with Crippen molar-refractivity contribution in [3.63, 3.8) is 0 Å². The summed E-state index contributed by atoms with van der Waals surface area (Å²) in [7, 11) is 1.51. The fraction of sp³-hybridized carbons (Fsp3) is 0.562. The predicted octanol–water partition coefficient (Wildman–Crippen LogP) is 3.27. The Morgan fingerprint density at radius 1 is 1.39 bits per heavy atom. The van der Waals surface area contributed by atoms with Gasteiger partial charge in [0.1, 0.15) is 0 Å². The van der Waals surface area contributed by atoms with Crippen LogP contribution in [-0.4, -0.2) is 32.2 Å². The van der Waals surface area contributed by atoms with Crippen LogP contribution in [0.4, 0.5) is 0 Å². The van der Waals surface area contributed by atoms with Gasteiger partial charge in [-0.1, -0.05) is 25.4 Å². The number of benzene rings is 1. The van der Waals surface area contributed by atoms with Gasteiger partial charge in [0.25, 0.3) is 5.91 Å². The van der Waals surface area contributed by atoms with Crippen LogP contribution in [0.25, 0.3) is 0 Å². The van der Waals surface area contributed by atoms with E-state index in [2.05, 4.69) is 19.2 Å². The minimum absolute atomic E-state index is 0. The zero-order valence-electron chi connectivity index (χ0n) is 14.0. The van der Waals surface area contributed by atoms with E-state index in [4.69, 9.17) is 26.8 Å². The van der Waals surface area contributed by atoms with Crippen LogP contribution in [0.3, 0.4) is 0 Å². The highest BCUT2D eigenvalue weighted by Gasteiger charge is 2.18. The lowest BCUT2D eigenvalue weighted by molar-refractivity contribution is 0.0933. The molecule has 0 radical (unpaired) electrons. The van der Waals surface area contributed by atoms with Gasteiger partial charge in [-0.15, -0.1) is 12.4 Å². The number of carbonyl (C=O) groups excluding carboxylic acids is 1. The molecule has 1 amide bonds. The molecular formula is C16H26Cl2N2O3. The fourth-order valence-corrected chi connectivity index (χ4v) is 2.45. The van der Waals surface area contributed by atoms with Crippen molar-refractivity contribution in [1.29, 1.82) is 0 Å². The first-order chi connectivity index (χ1) is 10.4. The Labute approximate surface area is 149 Å². The van der Waals surface area contributed by atoms with Gasteiger partial charge < -0.3 is 20.5 Å². The molecule has 5 nitrogen and oxygen atoms in total. The van der Waals surface area contributed by atoms with Crippen molar-refractivity contribution in [2.75, 3.05) is 20.3 Å². The summed E-state index contributed by atoms with van der Waals surface area (Å²) in [5, 5.41) is 3.27. The van der Waals surface area contributed by atoms with E-state index in [-0.39, 0.29) is 24.4 Å². The van der Waals surface area contributed by atoms with Crippen LogP contribution in [0.2, 0.25) is 5.02 Å². The zero-order valence-corrected chi connectivity index (χ0v) is 15.6. The normalized spacial score (nSPS) is 11.6. The number of methoxy groups -OCH3 is 1. The van der Waals surface area contributed by atoms with Crippen LogP contribution in [0.5, 0.6) is 11.5 Å². The number of nitrogens with two attached hydrogens (primary N) is 1. The lowest BCUT2D eigenvalue weighted by atomic mass is 10.0. The molecular weight excluding hydrogens is 339 g/mol. The number of amides is 1. The summed E-state index contributed by atoms with van der Waals surface area (Å²) in [6, 6.07) is 3.13. The third-order valence-electron chi connectivity index (χ3n) is 3.16. The maximum atomic E-state index is 12.4. The van der Waals surface area contributed by atoms with Crippen LogP contribution in [0, 0.1) is 5.92 Å². The minimum atomic E-state index is -0.223. The minimum Gasteiger partial charge on any atom is -0.493 e. The molecule has 1 rings (SSSR count). The molecule has 1 aromatic rings. The average Bonchev–Trinajstić information content (AvgIpc) is 2.47. The Bertz CT molecular complexity index is 510. The average molecular weight is 365 g/mol. The Hall–Kier alpha value is -1.17. The summed E-state index contributed by atoms with van der Waals surface area (Å²) in [4.78, 5) is 12.4. The molecule has 1 unspecified atom stereocenters. The summed E-state index contributed by atoms with van der Waals surface area (Å²) in [6.07, 6.45) is 0.824. The third kappa shape index (κ3) is 6.45. The van der Waals surface area contributed by atoms with E-state index in [9.17, 15) is 4.79 Å². The highest BCUT2D eigenvalue weighted by Crippen LogP contribution is 2.36. The van der Waals surface area contributed by atoms with Crippen molar-refractivity contribution < 1.29 is 14.3 Å². The molecule has 0 aliphatic heterocycles. The van der Waals surface area contributed by atoms with Gasteiger partial charge in [0, 0.05) is 18.2 Å². The van der Waals surface area contributed by atoms with Gasteiger partial charge in [0.05, 0.1) is 18.7 Å². The summed E-state index contributed by atoms with van der Waals surface area (Å²) >= 11 is 6.18. The standard InChI is InChI=1S/C16H25ClN2O3.ClH/c1-5-22-15-13(17)7-11(8-14(15)21-4)16(20)19-12(9-18)6-10(2)3;/h7-8,10,12H,5-6,9,18H2,1-4H3,(H,19,20);1H. The van der Waals surface area contributed by atoms with Crippen LogP contribution in [-0.2, 0) is 0 Å². The Balaban J connectivity index is 0.00000484. The molecule has 1 atom stereocenters. The monoisotopic (exact) mass is 364 g/mol. The number of hydrogen-bond acceptors (Lipinski definition) is 4.